The molecule has 0 aliphatic carbocycles. The van der Waals surface area contributed by atoms with E-state index in [1.807, 2.05) is 37.3 Å². The number of ether oxygens (including phenoxy) is 2. The zero-order valence-electron chi connectivity index (χ0n) is 31.5. The Labute approximate surface area is 327 Å². The van der Waals surface area contributed by atoms with Crippen molar-refractivity contribution in [1.29, 1.82) is 0 Å². The maximum Gasteiger partial charge on any atom is 0.341 e. The van der Waals surface area contributed by atoms with E-state index in [0.717, 1.165) is 35.5 Å². The van der Waals surface area contributed by atoms with Crippen molar-refractivity contribution in [1.82, 2.24) is 15.0 Å². The van der Waals surface area contributed by atoms with Gasteiger partial charge in [-0.05, 0) is 62.7 Å². The van der Waals surface area contributed by atoms with Gasteiger partial charge < -0.3 is 24.1 Å². The van der Waals surface area contributed by atoms with Crippen LogP contribution in [0.25, 0.3) is 10.9 Å². The van der Waals surface area contributed by atoms with Gasteiger partial charge in [0, 0.05) is 42.8 Å². The number of rotatable bonds is 6. The molecule has 0 saturated heterocycles. The van der Waals surface area contributed by atoms with Crippen molar-refractivity contribution in [2.24, 2.45) is 0 Å². The maximum atomic E-state index is 12.9. The molecule has 17 heteroatoms. The lowest BCUT2D eigenvalue weighted by Crippen LogP contribution is -2.11. The lowest BCUT2D eigenvalue weighted by molar-refractivity contribution is 0.0677. The Morgan fingerprint density at radius 3 is 1.95 bits per heavy atom. The molecule has 3 aromatic carbocycles. The number of hydrogen-bond acceptors (Lipinski definition) is 11. The van der Waals surface area contributed by atoms with Crippen LogP contribution in [0.2, 0.25) is 0 Å². The Morgan fingerprint density at radius 1 is 0.741 bits per heavy atom. The van der Waals surface area contributed by atoms with Gasteiger partial charge in [-0.2, -0.15) is 0 Å². The van der Waals surface area contributed by atoms with E-state index in [4.69, 9.17) is 24.1 Å². The predicted molar refractivity (Wildman–Crippen MR) is 199 cm³/mol. The van der Waals surface area contributed by atoms with Crippen LogP contribution in [0.5, 0.6) is 11.5 Å². The number of halogens is 4. The smallest absolute Gasteiger partial charge is 0.341 e. The summed E-state index contributed by atoms with van der Waals surface area (Å²) in [6.45, 7) is 7.52. The molecule has 0 amide bonds. The van der Waals surface area contributed by atoms with Gasteiger partial charge in [-0.3, -0.25) is 24.4 Å². The van der Waals surface area contributed by atoms with Crippen LogP contribution in [-0.2, 0) is 6.42 Å². The number of aromatic nitrogens is 3. The van der Waals surface area contributed by atoms with E-state index in [9.17, 15) is 41.5 Å². The van der Waals surface area contributed by atoms with Crippen LogP contribution in [0, 0.1) is 30.2 Å². The summed E-state index contributed by atoms with van der Waals surface area (Å²) in [5, 5.41) is 18.0. The van der Waals surface area contributed by atoms with Crippen LogP contribution in [0.4, 0.5) is 17.6 Å². The number of ketones is 3. The van der Waals surface area contributed by atoms with E-state index in [2.05, 4.69) is 15.0 Å². The molecule has 4 heterocycles. The third kappa shape index (κ3) is 12.1. The first-order valence-corrected chi connectivity index (χ1v) is 16.9. The number of carbonyl (C=O) groups excluding carboxylic acids is 3. The second-order valence-electron chi connectivity index (χ2n) is 11.7. The highest BCUT2D eigenvalue weighted by molar-refractivity contribution is 5.98. The lowest BCUT2D eigenvalue weighted by atomic mass is 10.0. The summed E-state index contributed by atoms with van der Waals surface area (Å²) in [7, 11) is 0. The number of furan rings is 1. The highest BCUT2D eigenvalue weighted by atomic mass is 19.2. The lowest BCUT2D eigenvalue weighted by Gasteiger charge is -2.05. The quantitative estimate of drug-likeness (QED) is 0.0704. The van der Waals surface area contributed by atoms with Crippen molar-refractivity contribution >= 4 is 40.2 Å². The van der Waals surface area contributed by atoms with Crippen molar-refractivity contribution in [2.75, 3.05) is 6.79 Å². The largest absolute Gasteiger partial charge is 0.478 e. The number of carboxylic acids is 2. The number of fused-ring (bicyclic) bond motifs is 2. The molecule has 0 saturated carbocycles. The number of Topliss-reactive ketones (excluding diaryl/α,β-unsaturated/α-hetero) is 3. The number of hydrogen-bond donors (Lipinski definition) is 2. The summed E-state index contributed by atoms with van der Waals surface area (Å²) in [4.78, 5) is 65.2. The van der Waals surface area contributed by atoms with E-state index >= 15 is 0 Å². The van der Waals surface area contributed by atoms with Gasteiger partial charge in [0.15, 0.2) is 52.1 Å². The SMILES string of the molecule is CC(=O)c1ccco1.CC(=O)c1cnccn1.CCc1nc2ccccc2cc1C(C)=O.Cc1c(F)c(F)c(F)c(C(=O)O)c1F.O=C(O)c1ccc2c(c1)OCO2. The Morgan fingerprint density at radius 2 is 1.43 bits per heavy atom. The van der Waals surface area contributed by atoms with Gasteiger partial charge in [-0.25, -0.2) is 32.1 Å². The van der Waals surface area contributed by atoms with Gasteiger partial charge in [0.1, 0.15) is 17.1 Å². The van der Waals surface area contributed by atoms with Crippen molar-refractivity contribution in [2.45, 2.75) is 41.0 Å². The van der Waals surface area contributed by atoms with Gasteiger partial charge in [-0.15, -0.1) is 0 Å². The molecule has 1 aliphatic heterocycles. The molecule has 0 radical (unpaired) electrons. The highest BCUT2D eigenvalue weighted by Crippen LogP contribution is 2.32. The van der Waals surface area contributed by atoms with Crippen LogP contribution in [0.15, 0.2) is 89.9 Å². The van der Waals surface area contributed by atoms with Gasteiger partial charge in [-0.1, -0.05) is 25.1 Å². The summed E-state index contributed by atoms with van der Waals surface area (Å²) in [6, 6.07) is 17.7. The normalized spacial score (nSPS) is 10.6. The second kappa shape index (κ2) is 21.1. The molecule has 0 fully saturated rings. The van der Waals surface area contributed by atoms with E-state index in [1.54, 1.807) is 25.1 Å². The zero-order chi connectivity index (χ0) is 43.1. The first kappa shape index (κ1) is 45.1. The molecular formula is C41H35F4N3O10. The van der Waals surface area contributed by atoms with Gasteiger partial charge in [0.25, 0.3) is 0 Å². The van der Waals surface area contributed by atoms with Crippen LogP contribution in [0.3, 0.4) is 0 Å². The number of para-hydroxylation sites is 1. The summed E-state index contributed by atoms with van der Waals surface area (Å²) < 4.78 is 65.7. The van der Waals surface area contributed by atoms with Crippen molar-refractivity contribution < 1.29 is 65.6 Å². The number of aromatic carboxylic acids is 2. The molecule has 0 spiro atoms. The molecule has 0 unspecified atom stereocenters. The molecule has 6 aromatic rings. The van der Waals surface area contributed by atoms with Crippen molar-refractivity contribution in [3.05, 3.63) is 148 Å². The summed E-state index contributed by atoms with van der Waals surface area (Å²) in [5.74, 6) is -8.77. The van der Waals surface area contributed by atoms with Gasteiger partial charge in [0.05, 0.1) is 29.2 Å². The molecule has 302 valence electrons. The van der Waals surface area contributed by atoms with Crippen LogP contribution >= 0.6 is 0 Å². The minimum Gasteiger partial charge on any atom is -0.478 e. The molecule has 1 aliphatic rings. The molecule has 58 heavy (non-hydrogen) atoms. The van der Waals surface area contributed by atoms with E-state index in [0.29, 0.717) is 23.0 Å². The fourth-order valence-corrected chi connectivity index (χ4v) is 4.66. The number of carboxylic acid groups (broad SMARTS) is 2. The fraction of sp³-hybridized carbons (Fsp3) is 0.171. The molecular weight excluding hydrogens is 770 g/mol. The molecule has 7 rings (SSSR count). The van der Waals surface area contributed by atoms with Crippen LogP contribution in [0.1, 0.15) is 91.1 Å². The summed E-state index contributed by atoms with van der Waals surface area (Å²) in [6.07, 6.45) is 6.75. The zero-order valence-corrected chi connectivity index (χ0v) is 31.5. The maximum absolute atomic E-state index is 12.9. The first-order chi connectivity index (χ1) is 27.5. The Kier molecular flexibility index (Phi) is 16.4. The van der Waals surface area contributed by atoms with Crippen LogP contribution < -0.4 is 9.47 Å². The van der Waals surface area contributed by atoms with Gasteiger partial charge >= 0.3 is 11.9 Å². The van der Waals surface area contributed by atoms with Gasteiger partial charge in [0.2, 0.25) is 6.79 Å². The standard InChI is InChI=1S/C13H13NO.C8H4F4O2.C8H6O4.C6H6N2O.C6H6O2/c1-3-12-11(9(2)15)8-10-6-4-5-7-13(10)14-12;1-2-4(9)3(8(13)14)6(11)7(12)5(2)10;9-8(10)5-1-2-6-7(3-5)12-4-11-6;1-5(9)6-4-7-2-3-8-6;1-5(7)6-3-2-4-8-6/h4-8H,3H2,1-2H3;1H3,(H,13,14);1-3H,4H2,(H,9,10);2-4H,1H3;2-4H,1H3. The van der Waals surface area contributed by atoms with Crippen molar-refractivity contribution in [3.63, 3.8) is 0 Å². The molecule has 3 aromatic heterocycles. The Bertz CT molecular complexity index is 2400. The highest BCUT2D eigenvalue weighted by Gasteiger charge is 2.27. The Balaban J connectivity index is 0.000000197. The van der Waals surface area contributed by atoms with Crippen LogP contribution in [-0.4, -0.2) is 61.2 Å². The summed E-state index contributed by atoms with van der Waals surface area (Å²) >= 11 is 0. The Hall–Kier alpha value is -7.30. The van der Waals surface area contributed by atoms with E-state index < -0.39 is 46.3 Å². The third-order valence-corrected chi connectivity index (χ3v) is 7.63. The third-order valence-electron chi connectivity index (χ3n) is 7.63. The number of nitrogens with zero attached hydrogens (tertiary/aromatic N) is 3. The predicted octanol–water partition coefficient (Wildman–Crippen LogP) is 8.52. The fourth-order valence-electron chi connectivity index (χ4n) is 4.66. The number of pyridine rings is 1. The number of benzene rings is 3. The number of aryl methyl sites for hydroxylation is 1. The minimum atomic E-state index is -2.03. The van der Waals surface area contributed by atoms with E-state index in [-0.39, 0.29) is 29.7 Å². The number of carbonyl (C=O) groups is 5. The van der Waals surface area contributed by atoms with E-state index in [1.165, 1.54) is 50.8 Å². The average Bonchev–Trinajstić information content (AvgIpc) is 3.93. The molecule has 2 N–H and O–H groups in total. The summed E-state index contributed by atoms with van der Waals surface area (Å²) in [5.41, 5.74) is 0.871. The van der Waals surface area contributed by atoms with Crippen molar-refractivity contribution in [3.8, 4) is 11.5 Å². The second-order valence-corrected chi connectivity index (χ2v) is 11.7. The minimum absolute atomic E-state index is 0.0324. The average molecular weight is 806 g/mol. The molecule has 0 atom stereocenters. The molecule has 0 bridgehead atoms. The topological polar surface area (TPSA) is 196 Å². The molecule has 13 nitrogen and oxygen atoms in total. The first-order valence-electron chi connectivity index (χ1n) is 16.9. The monoisotopic (exact) mass is 805 g/mol.